The van der Waals surface area contributed by atoms with E-state index in [4.69, 9.17) is 17.0 Å². The summed E-state index contributed by atoms with van der Waals surface area (Å²) in [6.45, 7) is 1.39. The molecular weight excluding hydrogens is 269 g/mol. The zero-order valence-corrected chi connectivity index (χ0v) is 11.3. The second-order valence-corrected chi connectivity index (χ2v) is 5.98. The fourth-order valence-electron chi connectivity index (χ4n) is 1.91. The van der Waals surface area contributed by atoms with Gasteiger partial charge in [-0.2, -0.15) is 0 Å². The predicted molar refractivity (Wildman–Crippen MR) is 68.9 cm³/mol. The Balaban J connectivity index is 1.95. The van der Waals surface area contributed by atoms with E-state index >= 15 is 0 Å². The summed E-state index contributed by atoms with van der Waals surface area (Å²) >= 11 is 0. The Hall–Kier alpha value is -0.590. The fraction of sp³-hybridized carbons (Fsp3) is 0.667. The number of ether oxygens (including phenoxy) is 1. The van der Waals surface area contributed by atoms with Crippen LogP contribution < -0.4 is 0 Å². The van der Waals surface area contributed by atoms with Gasteiger partial charge in [0.05, 0.1) is 19.9 Å². The number of hydrogen-bond donors (Lipinski definition) is 2. The highest BCUT2D eigenvalue weighted by atomic mass is 31.2. The van der Waals surface area contributed by atoms with Crippen molar-refractivity contribution in [1.29, 1.82) is 0 Å². The standard InChI is InChI=1S/C9H14B2N2O5P/c1-6-12-2-3-13(6)19(15,16)17-5-8-7(14)4-9(11-10)18-8/h2-3,7-9,14H,4-5H2,1H3,(H,15,16). The molecule has 19 heavy (non-hydrogen) atoms. The monoisotopic (exact) mass is 283 g/mol. The summed E-state index contributed by atoms with van der Waals surface area (Å²) in [7, 11) is 2.63. The molecule has 4 unspecified atom stereocenters. The van der Waals surface area contributed by atoms with E-state index < -0.39 is 20.0 Å². The predicted octanol–water partition coefficient (Wildman–Crippen LogP) is -0.580. The van der Waals surface area contributed by atoms with Gasteiger partial charge < -0.3 is 14.7 Å². The summed E-state index contributed by atoms with van der Waals surface area (Å²) in [6, 6.07) is -0.364. The van der Waals surface area contributed by atoms with E-state index in [0.717, 1.165) is 4.34 Å². The minimum atomic E-state index is -4.02. The van der Waals surface area contributed by atoms with Crippen molar-refractivity contribution in [1.82, 2.24) is 9.32 Å². The molecule has 4 atom stereocenters. The highest BCUT2D eigenvalue weighted by molar-refractivity contribution is 7.51. The van der Waals surface area contributed by atoms with Gasteiger partial charge >= 0.3 is 7.75 Å². The lowest BCUT2D eigenvalue weighted by Gasteiger charge is -2.18. The molecule has 1 aliphatic heterocycles. The summed E-state index contributed by atoms with van der Waals surface area (Å²) in [4.78, 5) is 13.7. The average Bonchev–Trinajstić information content (AvgIpc) is 2.93. The molecule has 1 aromatic heterocycles. The number of imidazole rings is 1. The lowest BCUT2D eigenvalue weighted by Crippen LogP contribution is -2.27. The van der Waals surface area contributed by atoms with Gasteiger partial charge in [0.1, 0.15) is 11.9 Å². The van der Waals surface area contributed by atoms with Crippen molar-refractivity contribution in [2.75, 3.05) is 6.61 Å². The third kappa shape index (κ3) is 3.30. The highest BCUT2D eigenvalue weighted by Gasteiger charge is 2.35. The SMILES string of the molecule is [B][B]C1CC(O)C(COP(=O)(O)n2ccnc2C)O1. The maximum Gasteiger partial charge on any atom is 0.437 e. The van der Waals surface area contributed by atoms with Crippen LogP contribution in [0.25, 0.3) is 0 Å². The third-order valence-corrected chi connectivity index (χ3v) is 4.40. The molecule has 2 heterocycles. The normalized spacial score (nSPS) is 30.2. The average molecular weight is 283 g/mol. The van der Waals surface area contributed by atoms with Crippen molar-refractivity contribution in [3.8, 4) is 0 Å². The number of aromatic nitrogens is 2. The van der Waals surface area contributed by atoms with Crippen LogP contribution in [0.4, 0.5) is 0 Å². The van der Waals surface area contributed by atoms with Gasteiger partial charge in [-0.25, -0.2) is 13.9 Å². The molecule has 1 saturated heterocycles. The lowest BCUT2D eigenvalue weighted by atomic mass is 9.51. The first-order valence-electron chi connectivity index (χ1n) is 5.81. The molecule has 3 radical (unpaired) electrons. The van der Waals surface area contributed by atoms with Crippen molar-refractivity contribution >= 4 is 22.7 Å². The molecule has 2 rings (SSSR count). The molecule has 10 heteroatoms. The molecule has 0 aliphatic carbocycles. The Labute approximate surface area is 113 Å². The number of hydrogen-bond acceptors (Lipinski definition) is 5. The Morgan fingerprint density at radius 1 is 1.79 bits per heavy atom. The van der Waals surface area contributed by atoms with E-state index in [1.54, 1.807) is 6.92 Å². The van der Waals surface area contributed by atoms with E-state index in [2.05, 4.69) is 4.98 Å². The molecule has 0 aromatic carbocycles. The second kappa shape index (κ2) is 5.81. The van der Waals surface area contributed by atoms with Crippen LogP contribution in [0.15, 0.2) is 12.4 Å². The maximum absolute atomic E-state index is 12.0. The smallest absolute Gasteiger partial charge is 0.390 e. The summed E-state index contributed by atoms with van der Waals surface area (Å²) in [6.07, 6.45) is 1.67. The first kappa shape index (κ1) is 14.8. The Morgan fingerprint density at radius 3 is 3.05 bits per heavy atom. The maximum atomic E-state index is 12.0. The van der Waals surface area contributed by atoms with Crippen molar-refractivity contribution in [3.05, 3.63) is 18.2 Å². The van der Waals surface area contributed by atoms with E-state index in [0.29, 0.717) is 12.2 Å². The Morgan fingerprint density at radius 2 is 2.53 bits per heavy atom. The number of nitrogens with zero attached hydrogens (tertiary/aromatic N) is 2. The van der Waals surface area contributed by atoms with E-state index in [1.807, 2.05) is 0 Å². The Bertz CT molecular complexity index is 485. The van der Waals surface area contributed by atoms with Gasteiger partial charge in [0.2, 0.25) is 0 Å². The van der Waals surface area contributed by atoms with Gasteiger partial charge in [0.15, 0.2) is 0 Å². The zero-order chi connectivity index (χ0) is 14.0. The van der Waals surface area contributed by atoms with Crippen molar-refractivity contribution < 1.29 is 23.8 Å². The van der Waals surface area contributed by atoms with Crippen molar-refractivity contribution in [2.45, 2.75) is 31.6 Å². The number of aliphatic hydroxyl groups excluding tert-OH is 1. The van der Waals surface area contributed by atoms with Crippen LogP contribution in [-0.2, 0) is 13.8 Å². The minimum Gasteiger partial charge on any atom is -0.390 e. The molecule has 1 fully saturated rings. The van der Waals surface area contributed by atoms with Gasteiger partial charge in [-0.15, -0.1) is 0 Å². The van der Waals surface area contributed by atoms with Crippen molar-refractivity contribution in [3.63, 3.8) is 0 Å². The topological polar surface area (TPSA) is 93.8 Å². The van der Waals surface area contributed by atoms with Crippen LogP contribution >= 0.6 is 7.75 Å². The Kier molecular flexibility index (Phi) is 4.53. The van der Waals surface area contributed by atoms with Gasteiger partial charge in [-0.3, -0.25) is 4.52 Å². The molecule has 0 saturated carbocycles. The van der Waals surface area contributed by atoms with Crippen LogP contribution in [-0.4, -0.2) is 59.0 Å². The van der Waals surface area contributed by atoms with Crippen LogP contribution in [0.3, 0.4) is 0 Å². The molecule has 2 N–H and O–H groups in total. The molecule has 1 aromatic rings. The largest absolute Gasteiger partial charge is 0.437 e. The summed E-state index contributed by atoms with van der Waals surface area (Å²) < 4.78 is 23.4. The van der Waals surface area contributed by atoms with Crippen LogP contribution in [0, 0.1) is 6.92 Å². The van der Waals surface area contributed by atoms with Crippen LogP contribution in [0.5, 0.6) is 0 Å². The van der Waals surface area contributed by atoms with Crippen LogP contribution in [0.2, 0.25) is 0 Å². The molecule has 0 spiro atoms. The minimum absolute atomic E-state index is 0.198. The van der Waals surface area contributed by atoms with Gasteiger partial charge in [-0.05, 0) is 13.3 Å². The fourth-order valence-corrected chi connectivity index (χ4v) is 3.02. The quantitative estimate of drug-likeness (QED) is 0.554. The summed E-state index contributed by atoms with van der Waals surface area (Å²) in [5.41, 5.74) is 0. The molecular formula is C9H14B2N2O5P. The second-order valence-electron chi connectivity index (χ2n) is 4.31. The molecule has 1 aliphatic rings. The van der Waals surface area contributed by atoms with Crippen molar-refractivity contribution in [2.24, 2.45) is 0 Å². The molecule has 101 valence electrons. The number of aliphatic hydroxyl groups is 1. The third-order valence-electron chi connectivity index (χ3n) is 2.95. The van der Waals surface area contributed by atoms with Gasteiger partial charge in [0.25, 0.3) is 0 Å². The first-order chi connectivity index (χ1) is 8.94. The van der Waals surface area contributed by atoms with Gasteiger partial charge in [0, 0.05) is 26.1 Å². The van der Waals surface area contributed by atoms with E-state index in [-0.39, 0.29) is 12.6 Å². The zero-order valence-electron chi connectivity index (χ0n) is 10.4. The van der Waals surface area contributed by atoms with Crippen LogP contribution in [0.1, 0.15) is 12.2 Å². The molecule has 0 bridgehead atoms. The summed E-state index contributed by atoms with van der Waals surface area (Å²) in [5, 5.41) is 9.70. The van der Waals surface area contributed by atoms with E-state index in [1.165, 1.54) is 19.6 Å². The summed E-state index contributed by atoms with van der Waals surface area (Å²) in [5.74, 6) is 0.367. The molecule has 0 amide bonds. The lowest BCUT2D eigenvalue weighted by molar-refractivity contribution is -0.000607. The first-order valence-corrected chi connectivity index (χ1v) is 7.34. The molecule has 7 nitrogen and oxygen atoms in total. The van der Waals surface area contributed by atoms with E-state index in [9.17, 15) is 14.6 Å². The highest BCUT2D eigenvalue weighted by Crippen LogP contribution is 2.44. The number of aryl methyl sites for hydroxylation is 1. The van der Waals surface area contributed by atoms with Gasteiger partial charge in [-0.1, -0.05) is 0 Å². The number of rotatable bonds is 5.